The fraction of sp³-hybridized carbons (Fsp3) is 0.333. The van der Waals surface area contributed by atoms with Crippen molar-refractivity contribution in [3.05, 3.63) is 24.5 Å². The third-order valence-electron chi connectivity index (χ3n) is 2.31. The second-order valence-corrected chi connectivity index (χ2v) is 3.75. The van der Waals surface area contributed by atoms with E-state index in [1.54, 1.807) is 0 Å². The molecule has 19 heavy (non-hydrogen) atoms. The number of nitrogens with zero attached hydrogens (tertiary/aromatic N) is 5. The van der Waals surface area contributed by atoms with Gasteiger partial charge < -0.3 is 15.4 Å². The van der Waals surface area contributed by atoms with Gasteiger partial charge in [-0.15, -0.1) is 5.10 Å². The molecule has 0 saturated heterocycles. The average Bonchev–Trinajstić information content (AvgIpc) is 3.00. The monoisotopic (exact) mass is 265 g/mol. The van der Waals surface area contributed by atoms with Gasteiger partial charge in [0.15, 0.2) is 0 Å². The molecule has 0 spiro atoms. The van der Waals surface area contributed by atoms with Crippen molar-refractivity contribution in [3.63, 3.8) is 0 Å². The highest BCUT2D eigenvalue weighted by molar-refractivity contribution is 5.83. The molecule has 1 amide bonds. The van der Waals surface area contributed by atoms with Crippen LogP contribution in [0.5, 0.6) is 0 Å². The van der Waals surface area contributed by atoms with E-state index in [1.807, 2.05) is 0 Å². The first-order chi connectivity index (χ1) is 9.15. The number of hydrogen-bond acceptors (Lipinski definition) is 6. The summed E-state index contributed by atoms with van der Waals surface area (Å²) >= 11 is 0. The number of imidazole rings is 1. The summed E-state index contributed by atoms with van der Waals surface area (Å²) in [6.45, 7) is -0.139. The van der Waals surface area contributed by atoms with Crippen LogP contribution in [0.2, 0.25) is 0 Å². The fourth-order valence-corrected chi connectivity index (χ4v) is 1.46. The van der Waals surface area contributed by atoms with E-state index in [1.165, 1.54) is 23.5 Å². The first-order valence-corrected chi connectivity index (χ1v) is 5.35. The molecule has 2 heterocycles. The van der Waals surface area contributed by atoms with Gasteiger partial charge in [-0.2, -0.15) is 0 Å². The summed E-state index contributed by atoms with van der Waals surface area (Å²) in [6.07, 6.45) is 4.33. The Morgan fingerprint density at radius 1 is 1.53 bits per heavy atom. The van der Waals surface area contributed by atoms with Crippen LogP contribution < -0.4 is 5.32 Å². The summed E-state index contributed by atoms with van der Waals surface area (Å²) in [5, 5.41) is 21.7. The van der Waals surface area contributed by atoms with Gasteiger partial charge in [0, 0.05) is 18.3 Å². The Morgan fingerprint density at radius 3 is 2.95 bits per heavy atom. The Labute approximate surface area is 106 Å². The highest BCUT2D eigenvalue weighted by Crippen LogP contribution is 1.99. The molecule has 2 aromatic heterocycles. The minimum Gasteiger partial charge on any atom is -0.480 e. The van der Waals surface area contributed by atoms with E-state index in [0.29, 0.717) is 5.69 Å². The van der Waals surface area contributed by atoms with Crippen molar-refractivity contribution < 1.29 is 14.7 Å². The fourth-order valence-electron chi connectivity index (χ4n) is 1.46. The highest BCUT2D eigenvalue weighted by Gasteiger charge is 2.21. The van der Waals surface area contributed by atoms with E-state index < -0.39 is 17.9 Å². The number of aromatic amines is 1. The van der Waals surface area contributed by atoms with Crippen molar-refractivity contribution >= 4 is 11.9 Å². The van der Waals surface area contributed by atoms with Crippen molar-refractivity contribution in [1.82, 2.24) is 35.5 Å². The molecule has 0 aromatic carbocycles. The van der Waals surface area contributed by atoms with Crippen LogP contribution in [0.25, 0.3) is 0 Å². The molecular formula is C9H11N7O3. The van der Waals surface area contributed by atoms with E-state index in [-0.39, 0.29) is 13.0 Å². The van der Waals surface area contributed by atoms with E-state index in [9.17, 15) is 9.59 Å². The SMILES string of the molecule is O=C(Cn1cnnn1)N[C@H](Cc1cnc[nH]1)C(=O)O. The first kappa shape index (κ1) is 12.7. The van der Waals surface area contributed by atoms with Gasteiger partial charge in [0.25, 0.3) is 0 Å². The Hall–Kier alpha value is -2.78. The van der Waals surface area contributed by atoms with Gasteiger partial charge in [-0.05, 0) is 10.4 Å². The van der Waals surface area contributed by atoms with Crippen molar-refractivity contribution in [1.29, 1.82) is 0 Å². The van der Waals surface area contributed by atoms with Crippen LogP contribution in [0, 0.1) is 0 Å². The van der Waals surface area contributed by atoms with Gasteiger partial charge in [-0.25, -0.2) is 14.5 Å². The van der Waals surface area contributed by atoms with Crippen LogP contribution in [-0.2, 0) is 22.6 Å². The van der Waals surface area contributed by atoms with Crippen molar-refractivity contribution in [2.24, 2.45) is 0 Å². The van der Waals surface area contributed by atoms with Gasteiger partial charge in [0.1, 0.15) is 18.9 Å². The van der Waals surface area contributed by atoms with Gasteiger partial charge in [0.2, 0.25) is 5.91 Å². The average molecular weight is 265 g/mol. The lowest BCUT2D eigenvalue weighted by molar-refractivity contribution is -0.141. The molecule has 0 aliphatic heterocycles. The number of aliphatic carboxylic acids is 1. The van der Waals surface area contributed by atoms with Crippen LogP contribution in [0.3, 0.4) is 0 Å². The molecule has 0 fully saturated rings. The van der Waals surface area contributed by atoms with Crippen LogP contribution in [-0.4, -0.2) is 53.2 Å². The molecule has 0 aliphatic rings. The molecule has 0 saturated carbocycles. The largest absolute Gasteiger partial charge is 0.480 e. The molecule has 0 radical (unpaired) electrons. The summed E-state index contributed by atoms with van der Waals surface area (Å²) < 4.78 is 1.20. The quantitative estimate of drug-likeness (QED) is 0.560. The normalized spacial score (nSPS) is 12.0. The van der Waals surface area contributed by atoms with Gasteiger partial charge in [0.05, 0.1) is 6.33 Å². The lowest BCUT2D eigenvalue weighted by atomic mass is 10.1. The second-order valence-electron chi connectivity index (χ2n) is 3.75. The number of hydrogen-bond donors (Lipinski definition) is 3. The standard InChI is InChI=1S/C9H11N7O3/c17-8(3-16-5-12-14-15-16)13-7(9(18)19)1-6-2-10-4-11-6/h2,4-5,7H,1,3H2,(H,10,11)(H,13,17)(H,18,19)/t7-/m1/s1. The second kappa shape index (κ2) is 5.71. The Morgan fingerprint density at radius 2 is 2.37 bits per heavy atom. The van der Waals surface area contributed by atoms with Crippen molar-refractivity contribution in [3.8, 4) is 0 Å². The Kier molecular flexibility index (Phi) is 3.81. The minimum atomic E-state index is -1.13. The molecular weight excluding hydrogens is 254 g/mol. The number of nitrogens with one attached hydrogen (secondary N) is 2. The van der Waals surface area contributed by atoms with Gasteiger partial charge in [-0.3, -0.25) is 4.79 Å². The smallest absolute Gasteiger partial charge is 0.326 e. The lowest BCUT2D eigenvalue weighted by Gasteiger charge is -2.13. The zero-order valence-corrected chi connectivity index (χ0v) is 9.72. The Balaban J connectivity index is 1.93. The maximum absolute atomic E-state index is 11.6. The summed E-state index contributed by atoms with van der Waals surface area (Å²) in [5.41, 5.74) is 0.620. The number of tetrazole rings is 1. The maximum Gasteiger partial charge on any atom is 0.326 e. The summed E-state index contributed by atoms with van der Waals surface area (Å²) in [6, 6.07) is -1.04. The predicted molar refractivity (Wildman–Crippen MR) is 59.7 cm³/mol. The molecule has 10 heteroatoms. The molecule has 3 N–H and O–H groups in total. The number of carboxylic acid groups (broad SMARTS) is 1. The number of amides is 1. The van der Waals surface area contributed by atoms with Gasteiger partial charge in [-0.1, -0.05) is 0 Å². The molecule has 0 aliphatic carbocycles. The van der Waals surface area contributed by atoms with Crippen molar-refractivity contribution in [2.75, 3.05) is 0 Å². The minimum absolute atomic E-state index is 0.122. The number of carboxylic acids is 1. The van der Waals surface area contributed by atoms with E-state index >= 15 is 0 Å². The number of aromatic nitrogens is 6. The number of carbonyl (C=O) groups excluding carboxylic acids is 1. The topological polar surface area (TPSA) is 139 Å². The van der Waals surface area contributed by atoms with Gasteiger partial charge >= 0.3 is 5.97 Å². The van der Waals surface area contributed by atoms with E-state index in [0.717, 1.165) is 0 Å². The lowest BCUT2D eigenvalue weighted by Crippen LogP contribution is -2.43. The third-order valence-corrected chi connectivity index (χ3v) is 2.31. The highest BCUT2D eigenvalue weighted by atomic mass is 16.4. The molecule has 0 bridgehead atoms. The van der Waals surface area contributed by atoms with Crippen molar-refractivity contribution in [2.45, 2.75) is 19.0 Å². The number of rotatable bonds is 6. The summed E-state index contributed by atoms with van der Waals surface area (Å²) in [4.78, 5) is 29.3. The molecule has 10 nitrogen and oxygen atoms in total. The first-order valence-electron chi connectivity index (χ1n) is 5.35. The van der Waals surface area contributed by atoms with Crippen LogP contribution in [0.1, 0.15) is 5.69 Å². The summed E-state index contributed by atoms with van der Waals surface area (Å²) in [5.74, 6) is -1.61. The molecule has 2 rings (SSSR count). The van der Waals surface area contributed by atoms with Crippen LogP contribution in [0.15, 0.2) is 18.9 Å². The molecule has 2 aromatic rings. The van der Waals surface area contributed by atoms with Crippen LogP contribution in [0.4, 0.5) is 0 Å². The number of carbonyl (C=O) groups is 2. The number of H-pyrrole nitrogens is 1. The molecule has 100 valence electrons. The zero-order valence-electron chi connectivity index (χ0n) is 9.72. The third kappa shape index (κ3) is 3.59. The van der Waals surface area contributed by atoms with E-state index in [2.05, 4.69) is 30.8 Å². The maximum atomic E-state index is 11.6. The molecule has 0 unspecified atom stereocenters. The predicted octanol–water partition coefficient (Wildman–Crippen LogP) is -1.79. The zero-order chi connectivity index (χ0) is 13.7. The molecule has 1 atom stereocenters. The Bertz CT molecular complexity index is 536. The summed E-state index contributed by atoms with van der Waals surface area (Å²) in [7, 11) is 0. The van der Waals surface area contributed by atoms with E-state index in [4.69, 9.17) is 5.11 Å². The van der Waals surface area contributed by atoms with Crippen LogP contribution >= 0.6 is 0 Å².